The van der Waals surface area contributed by atoms with Crippen LogP contribution < -0.4 is 4.74 Å². The van der Waals surface area contributed by atoms with E-state index in [2.05, 4.69) is 0 Å². The summed E-state index contributed by atoms with van der Waals surface area (Å²) in [4.78, 5) is 10.9. The molecule has 0 heterocycles. The van der Waals surface area contributed by atoms with Gasteiger partial charge in [0.2, 0.25) is 0 Å². The van der Waals surface area contributed by atoms with Gasteiger partial charge in [0, 0.05) is 11.5 Å². The number of carbonyl (C=O) groups is 1. The number of phenols is 1. The molecule has 1 fully saturated rings. The van der Waals surface area contributed by atoms with Crippen molar-refractivity contribution in [3.63, 3.8) is 0 Å². The lowest BCUT2D eigenvalue weighted by Gasteiger charge is -2.22. The molecule has 21 heavy (non-hydrogen) atoms. The minimum Gasteiger partial charge on any atom is -0.504 e. The summed E-state index contributed by atoms with van der Waals surface area (Å²) < 4.78 is 44.3. The molecule has 1 aliphatic rings. The second-order valence-corrected chi connectivity index (χ2v) is 5.12. The van der Waals surface area contributed by atoms with Crippen molar-refractivity contribution in [3.05, 3.63) is 23.3 Å². The first-order valence-corrected chi connectivity index (χ1v) is 6.44. The molecule has 7 heteroatoms. The summed E-state index contributed by atoms with van der Waals surface area (Å²) in [6, 6.07) is 1.86. The maximum absolute atomic E-state index is 13.1. The number of hydrogen-bond donors (Lipinski definition) is 2. The second-order valence-electron chi connectivity index (χ2n) is 5.12. The van der Waals surface area contributed by atoms with Gasteiger partial charge >= 0.3 is 12.1 Å². The number of carboxylic acid groups (broad SMARTS) is 1. The zero-order valence-corrected chi connectivity index (χ0v) is 11.3. The van der Waals surface area contributed by atoms with Gasteiger partial charge in [0.15, 0.2) is 11.5 Å². The van der Waals surface area contributed by atoms with Crippen LogP contribution >= 0.6 is 0 Å². The zero-order chi connectivity index (χ0) is 15.8. The van der Waals surface area contributed by atoms with Crippen molar-refractivity contribution >= 4 is 5.97 Å². The minimum absolute atomic E-state index is 0.0889. The van der Waals surface area contributed by atoms with E-state index in [1.54, 1.807) is 0 Å². The van der Waals surface area contributed by atoms with Crippen LogP contribution in [-0.2, 0) is 11.0 Å². The summed E-state index contributed by atoms with van der Waals surface area (Å²) in [7, 11) is 1.23. The predicted molar refractivity (Wildman–Crippen MR) is 67.4 cm³/mol. The number of phenolic OH excluding ortho intramolecular Hbond substituents is 1. The summed E-state index contributed by atoms with van der Waals surface area (Å²) in [6.07, 6.45) is -3.79. The number of ether oxygens (including phenoxy) is 1. The van der Waals surface area contributed by atoms with E-state index in [0.717, 1.165) is 12.1 Å². The van der Waals surface area contributed by atoms with Crippen LogP contribution in [0, 0.1) is 5.92 Å². The number of hydrogen-bond acceptors (Lipinski definition) is 3. The second kappa shape index (κ2) is 5.46. The molecular weight excluding hydrogens is 289 g/mol. The van der Waals surface area contributed by atoms with Crippen LogP contribution in [0.15, 0.2) is 12.1 Å². The first-order valence-electron chi connectivity index (χ1n) is 6.44. The number of carboxylic acids is 1. The van der Waals surface area contributed by atoms with Crippen molar-refractivity contribution in [2.45, 2.75) is 31.4 Å². The third kappa shape index (κ3) is 3.22. The van der Waals surface area contributed by atoms with Gasteiger partial charge in [-0.05, 0) is 30.9 Å². The Morgan fingerprint density at radius 1 is 1.43 bits per heavy atom. The van der Waals surface area contributed by atoms with E-state index in [0.29, 0.717) is 12.8 Å². The number of rotatable bonds is 5. The molecule has 1 saturated carbocycles. The van der Waals surface area contributed by atoms with E-state index < -0.39 is 35.8 Å². The van der Waals surface area contributed by atoms with Crippen LogP contribution in [0.5, 0.6) is 11.5 Å². The smallest absolute Gasteiger partial charge is 0.416 e. The average Bonchev–Trinajstić information content (AvgIpc) is 3.18. The molecular formula is C14H15F3O4. The van der Waals surface area contributed by atoms with Crippen molar-refractivity contribution in [2.75, 3.05) is 7.11 Å². The van der Waals surface area contributed by atoms with Crippen LogP contribution in [0.2, 0.25) is 0 Å². The van der Waals surface area contributed by atoms with Gasteiger partial charge in [-0.3, -0.25) is 4.79 Å². The fourth-order valence-electron chi connectivity index (χ4n) is 2.57. The molecule has 0 spiro atoms. The van der Waals surface area contributed by atoms with E-state index in [4.69, 9.17) is 9.84 Å². The molecule has 1 atom stereocenters. The Bertz CT molecular complexity index is 550. The third-order valence-electron chi connectivity index (χ3n) is 3.66. The Kier molecular flexibility index (Phi) is 4.02. The monoisotopic (exact) mass is 304 g/mol. The van der Waals surface area contributed by atoms with Crippen LogP contribution in [0.1, 0.15) is 36.3 Å². The molecule has 0 aromatic heterocycles. The molecule has 1 aromatic carbocycles. The summed E-state index contributed by atoms with van der Waals surface area (Å²) in [5.41, 5.74) is -1.37. The Labute approximate surface area is 119 Å². The van der Waals surface area contributed by atoms with E-state index in [9.17, 15) is 23.1 Å². The maximum atomic E-state index is 13.1. The zero-order valence-electron chi connectivity index (χ0n) is 11.3. The first-order chi connectivity index (χ1) is 9.75. The van der Waals surface area contributed by atoms with Crippen LogP contribution in [-0.4, -0.2) is 23.3 Å². The van der Waals surface area contributed by atoms with Gasteiger partial charge in [0.25, 0.3) is 0 Å². The van der Waals surface area contributed by atoms with Crippen molar-refractivity contribution in [3.8, 4) is 11.5 Å². The van der Waals surface area contributed by atoms with Gasteiger partial charge < -0.3 is 14.9 Å². The largest absolute Gasteiger partial charge is 0.504 e. The highest BCUT2D eigenvalue weighted by Crippen LogP contribution is 2.52. The van der Waals surface area contributed by atoms with Crippen molar-refractivity contribution in [2.24, 2.45) is 5.92 Å². The van der Waals surface area contributed by atoms with E-state index in [1.807, 2.05) is 0 Å². The van der Waals surface area contributed by atoms with Gasteiger partial charge in [0.1, 0.15) is 0 Å². The normalized spacial score (nSPS) is 16.6. The number of halogens is 3. The third-order valence-corrected chi connectivity index (χ3v) is 3.66. The van der Waals surface area contributed by atoms with Crippen molar-refractivity contribution in [1.82, 2.24) is 0 Å². The number of methoxy groups -OCH3 is 1. The molecule has 0 bridgehead atoms. The number of alkyl halides is 3. The Balaban J connectivity index is 2.58. The minimum atomic E-state index is -4.66. The van der Waals surface area contributed by atoms with Crippen molar-refractivity contribution < 1.29 is 32.9 Å². The Hall–Kier alpha value is -1.92. The van der Waals surface area contributed by atoms with Crippen molar-refractivity contribution in [1.29, 1.82) is 0 Å². The molecule has 0 aliphatic heterocycles. The molecule has 2 N–H and O–H groups in total. The molecule has 1 aromatic rings. The first kappa shape index (κ1) is 15.5. The quantitative estimate of drug-likeness (QED) is 0.875. The Morgan fingerprint density at radius 3 is 2.48 bits per heavy atom. The predicted octanol–water partition coefficient (Wildman–Crippen LogP) is 3.39. The molecule has 2 rings (SSSR count). The highest BCUT2D eigenvalue weighted by atomic mass is 19.4. The topological polar surface area (TPSA) is 66.8 Å². The molecule has 0 radical (unpaired) electrons. The number of aromatic hydroxyl groups is 1. The molecule has 1 unspecified atom stereocenters. The Morgan fingerprint density at radius 2 is 2.05 bits per heavy atom. The summed E-state index contributed by atoms with van der Waals surface area (Å²) in [5.74, 6) is -2.92. The van der Waals surface area contributed by atoms with E-state index in [1.165, 1.54) is 7.11 Å². The SMILES string of the molecule is COc1ccc(C(F)(F)F)c(C(CC(=O)O)C2CC2)c1O. The van der Waals surface area contributed by atoms with E-state index in [-0.39, 0.29) is 17.2 Å². The van der Waals surface area contributed by atoms with E-state index >= 15 is 0 Å². The maximum Gasteiger partial charge on any atom is 0.416 e. The van der Waals surface area contributed by atoms with Gasteiger partial charge in [0.05, 0.1) is 19.1 Å². The molecule has 0 amide bonds. The fraction of sp³-hybridized carbons (Fsp3) is 0.500. The highest BCUT2D eigenvalue weighted by Gasteiger charge is 2.43. The fourth-order valence-corrected chi connectivity index (χ4v) is 2.57. The van der Waals surface area contributed by atoms with Crippen LogP contribution in [0.3, 0.4) is 0 Å². The van der Waals surface area contributed by atoms with Gasteiger partial charge in [-0.25, -0.2) is 0 Å². The molecule has 0 saturated heterocycles. The summed E-state index contributed by atoms with van der Waals surface area (Å²) >= 11 is 0. The average molecular weight is 304 g/mol. The van der Waals surface area contributed by atoms with Crippen LogP contribution in [0.4, 0.5) is 13.2 Å². The van der Waals surface area contributed by atoms with Crippen LogP contribution in [0.25, 0.3) is 0 Å². The summed E-state index contributed by atoms with van der Waals surface area (Å²) in [6.45, 7) is 0. The number of benzene rings is 1. The lowest BCUT2D eigenvalue weighted by Crippen LogP contribution is -2.16. The standard InChI is InChI=1S/C14H15F3O4/c1-21-10-5-4-9(14(15,16)17)12(13(10)20)8(6-11(18)19)7-2-3-7/h4-5,7-8,20H,2-3,6H2,1H3,(H,18,19). The lowest BCUT2D eigenvalue weighted by molar-refractivity contribution is -0.141. The molecule has 4 nitrogen and oxygen atoms in total. The lowest BCUT2D eigenvalue weighted by atomic mass is 9.86. The molecule has 116 valence electrons. The van der Waals surface area contributed by atoms with Gasteiger partial charge in [-0.15, -0.1) is 0 Å². The highest BCUT2D eigenvalue weighted by molar-refractivity contribution is 5.69. The summed E-state index contributed by atoms with van der Waals surface area (Å²) in [5, 5.41) is 19.0. The number of aliphatic carboxylic acids is 1. The molecule has 1 aliphatic carbocycles. The van der Waals surface area contributed by atoms with Gasteiger partial charge in [-0.2, -0.15) is 13.2 Å². The van der Waals surface area contributed by atoms with Gasteiger partial charge in [-0.1, -0.05) is 0 Å².